The van der Waals surface area contributed by atoms with Crippen molar-refractivity contribution in [2.24, 2.45) is 0 Å². The molecule has 5 heteroatoms. The molecule has 0 unspecified atom stereocenters. The molecule has 0 saturated carbocycles. The number of benzene rings is 1. The van der Waals surface area contributed by atoms with E-state index in [9.17, 15) is 9.59 Å². The number of carbonyl (C=O) groups excluding carboxylic acids is 2. The first-order chi connectivity index (χ1) is 10.5. The number of nitrogens with one attached hydrogen (secondary N) is 1. The van der Waals surface area contributed by atoms with Gasteiger partial charge in [-0.15, -0.1) is 0 Å². The van der Waals surface area contributed by atoms with E-state index >= 15 is 0 Å². The fourth-order valence-electron chi connectivity index (χ4n) is 2.28. The highest BCUT2D eigenvalue weighted by molar-refractivity contribution is 5.99. The maximum absolute atomic E-state index is 12.4. The van der Waals surface area contributed by atoms with E-state index in [0.29, 0.717) is 12.1 Å². The van der Waals surface area contributed by atoms with E-state index < -0.39 is 0 Å². The second-order valence-electron chi connectivity index (χ2n) is 5.47. The second kappa shape index (κ2) is 7.11. The summed E-state index contributed by atoms with van der Waals surface area (Å²) in [7, 11) is 1.63. The summed E-state index contributed by atoms with van der Waals surface area (Å²) in [6.45, 7) is 4.65. The number of fused-ring (bicyclic) bond motifs is 1. The van der Waals surface area contributed by atoms with E-state index in [1.165, 1.54) is 4.90 Å². The minimum Gasteiger partial charge on any atom is -0.461 e. The number of carbonyl (C=O) groups is 2. The van der Waals surface area contributed by atoms with Gasteiger partial charge in [-0.1, -0.05) is 13.3 Å². The van der Waals surface area contributed by atoms with E-state index in [0.717, 1.165) is 29.6 Å². The van der Waals surface area contributed by atoms with E-state index in [-0.39, 0.29) is 18.4 Å². The van der Waals surface area contributed by atoms with Gasteiger partial charge < -0.3 is 14.6 Å². The third-order valence-electron chi connectivity index (χ3n) is 3.47. The lowest BCUT2D eigenvalue weighted by Crippen LogP contribution is -2.38. The van der Waals surface area contributed by atoms with Crippen molar-refractivity contribution >= 4 is 22.8 Å². The fraction of sp³-hybridized carbons (Fsp3) is 0.412. The number of likely N-dealkylation sites (N-methyl/N-ethyl adjacent to an activating group) is 1. The van der Waals surface area contributed by atoms with Gasteiger partial charge in [0.2, 0.25) is 5.91 Å². The Morgan fingerprint density at radius 2 is 2.05 bits per heavy atom. The molecular weight excluding hydrogens is 280 g/mol. The smallest absolute Gasteiger partial charge is 0.254 e. The van der Waals surface area contributed by atoms with Crippen molar-refractivity contribution in [3.05, 3.63) is 35.6 Å². The van der Waals surface area contributed by atoms with Gasteiger partial charge in [-0.25, -0.2) is 0 Å². The molecule has 2 rings (SSSR count). The van der Waals surface area contributed by atoms with Crippen molar-refractivity contribution in [1.29, 1.82) is 0 Å². The topological polar surface area (TPSA) is 62.6 Å². The Kier molecular flexibility index (Phi) is 5.20. The summed E-state index contributed by atoms with van der Waals surface area (Å²) in [5.41, 5.74) is 1.31. The van der Waals surface area contributed by atoms with Crippen molar-refractivity contribution in [2.45, 2.75) is 26.7 Å². The first-order valence-corrected chi connectivity index (χ1v) is 7.53. The van der Waals surface area contributed by atoms with Crippen molar-refractivity contribution < 1.29 is 14.0 Å². The van der Waals surface area contributed by atoms with Gasteiger partial charge in [-0.3, -0.25) is 9.59 Å². The molecule has 2 amide bonds. The first-order valence-electron chi connectivity index (χ1n) is 7.53. The number of hydrogen-bond donors (Lipinski definition) is 1. The molecule has 0 aliphatic heterocycles. The molecule has 1 N–H and O–H groups in total. The Morgan fingerprint density at radius 3 is 2.77 bits per heavy atom. The van der Waals surface area contributed by atoms with Crippen LogP contribution in [-0.4, -0.2) is 36.9 Å². The number of furan rings is 1. The first kappa shape index (κ1) is 16.1. The van der Waals surface area contributed by atoms with Crippen LogP contribution in [0, 0.1) is 6.92 Å². The summed E-state index contributed by atoms with van der Waals surface area (Å²) >= 11 is 0. The normalized spacial score (nSPS) is 10.7. The zero-order valence-electron chi connectivity index (χ0n) is 13.3. The largest absolute Gasteiger partial charge is 0.461 e. The molecule has 0 atom stereocenters. The predicted molar refractivity (Wildman–Crippen MR) is 85.8 cm³/mol. The van der Waals surface area contributed by atoms with Crippen LogP contribution in [0.15, 0.2) is 28.7 Å². The molecular formula is C17H22N2O3. The molecule has 1 heterocycles. The van der Waals surface area contributed by atoms with Crippen LogP contribution < -0.4 is 5.32 Å². The Hall–Kier alpha value is -2.30. The zero-order chi connectivity index (χ0) is 16.1. The highest BCUT2D eigenvalue weighted by Crippen LogP contribution is 2.20. The average molecular weight is 302 g/mol. The highest BCUT2D eigenvalue weighted by Gasteiger charge is 2.15. The van der Waals surface area contributed by atoms with Crippen molar-refractivity contribution in [2.75, 3.05) is 20.1 Å². The van der Waals surface area contributed by atoms with Crippen LogP contribution >= 0.6 is 0 Å². The van der Waals surface area contributed by atoms with Crippen molar-refractivity contribution in [3.8, 4) is 0 Å². The van der Waals surface area contributed by atoms with Crippen LogP contribution in [0.25, 0.3) is 11.0 Å². The predicted octanol–water partition coefficient (Wildman–Crippen LogP) is 2.73. The maximum atomic E-state index is 12.4. The minimum absolute atomic E-state index is 0.0605. The molecule has 0 aliphatic rings. The van der Waals surface area contributed by atoms with Crippen LogP contribution in [-0.2, 0) is 4.79 Å². The van der Waals surface area contributed by atoms with Gasteiger partial charge in [0.15, 0.2) is 0 Å². The van der Waals surface area contributed by atoms with Crippen LogP contribution in [0.4, 0.5) is 0 Å². The summed E-state index contributed by atoms with van der Waals surface area (Å²) in [5.74, 6) is 0.499. The number of aryl methyl sites for hydroxylation is 1. The Morgan fingerprint density at radius 1 is 1.27 bits per heavy atom. The molecule has 0 saturated heterocycles. The molecule has 0 spiro atoms. The van der Waals surface area contributed by atoms with E-state index in [4.69, 9.17) is 4.42 Å². The zero-order valence-corrected chi connectivity index (χ0v) is 13.3. The molecule has 118 valence electrons. The van der Waals surface area contributed by atoms with Gasteiger partial charge in [0.05, 0.1) is 6.54 Å². The Labute approximate surface area is 130 Å². The molecule has 1 aromatic carbocycles. The molecule has 0 bridgehead atoms. The highest BCUT2D eigenvalue weighted by atomic mass is 16.3. The number of unbranched alkanes of at least 4 members (excludes halogenated alkanes) is 1. The third kappa shape index (κ3) is 3.87. The molecule has 1 aromatic heterocycles. The summed E-state index contributed by atoms with van der Waals surface area (Å²) < 4.78 is 5.49. The molecule has 5 nitrogen and oxygen atoms in total. The molecule has 0 radical (unpaired) electrons. The minimum atomic E-state index is -0.175. The third-order valence-corrected chi connectivity index (χ3v) is 3.47. The number of hydrogen-bond acceptors (Lipinski definition) is 3. The Balaban J connectivity index is 2.00. The quantitative estimate of drug-likeness (QED) is 0.835. The summed E-state index contributed by atoms with van der Waals surface area (Å²) in [5, 5.41) is 3.70. The molecule has 0 aliphatic carbocycles. The van der Waals surface area contributed by atoms with E-state index in [2.05, 4.69) is 12.2 Å². The van der Waals surface area contributed by atoms with Crippen molar-refractivity contribution in [1.82, 2.24) is 10.2 Å². The standard InChI is InChI=1S/C17H22N2O3/c1-4-5-8-18-16(20)11-19(3)17(21)13-6-7-15-14(10-13)9-12(2)22-15/h6-7,9-10H,4-5,8,11H2,1-3H3,(H,18,20). The van der Waals surface area contributed by atoms with Crippen LogP contribution in [0.2, 0.25) is 0 Å². The molecule has 22 heavy (non-hydrogen) atoms. The van der Waals surface area contributed by atoms with E-state index in [1.807, 2.05) is 13.0 Å². The lowest BCUT2D eigenvalue weighted by molar-refractivity contribution is -0.121. The number of amides is 2. The van der Waals surface area contributed by atoms with Gasteiger partial charge >= 0.3 is 0 Å². The van der Waals surface area contributed by atoms with Gasteiger partial charge in [-0.05, 0) is 37.6 Å². The summed E-state index contributed by atoms with van der Waals surface area (Å²) in [6.07, 6.45) is 1.97. The molecule has 2 aromatic rings. The molecule has 0 fully saturated rings. The lowest BCUT2D eigenvalue weighted by atomic mass is 10.1. The SMILES string of the molecule is CCCCNC(=O)CN(C)C(=O)c1ccc2oc(C)cc2c1. The number of rotatable bonds is 6. The van der Waals surface area contributed by atoms with E-state index in [1.54, 1.807) is 25.2 Å². The van der Waals surface area contributed by atoms with Crippen LogP contribution in [0.5, 0.6) is 0 Å². The second-order valence-corrected chi connectivity index (χ2v) is 5.47. The van der Waals surface area contributed by atoms with Gasteiger partial charge in [-0.2, -0.15) is 0 Å². The van der Waals surface area contributed by atoms with Crippen LogP contribution in [0.1, 0.15) is 35.9 Å². The monoisotopic (exact) mass is 302 g/mol. The average Bonchev–Trinajstić information content (AvgIpc) is 2.85. The lowest BCUT2D eigenvalue weighted by Gasteiger charge is -2.16. The van der Waals surface area contributed by atoms with Gasteiger partial charge in [0, 0.05) is 24.5 Å². The summed E-state index contributed by atoms with van der Waals surface area (Å²) in [4.78, 5) is 25.6. The van der Waals surface area contributed by atoms with Crippen LogP contribution in [0.3, 0.4) is 0 Å². The Bertz CT molecular complexity index is 676. The van der Waals surface area contributed by atoms with Crippen molar-refractivity contribution in [3.63, 3.8) is 0 Å². The fourth-order valence-corrected chi connectivity index (χ4v) is 2.28. The van der Waals surface area contributed by atoms with Gasteiger partial charge in [0.1, 0.15) is 11.3 Å². The number of nitrogens with zero attached hydrogens (tertiary/aromatic N) is 1. The van der Waals surface area contributed by atoms with Gasteiger partial charge in [0.25, 0.3) is 5.91 Å². The maximum Gasteiger partial charge on any atom is 0.254 e. The summed E-state index contributed by atoms with van der Waals surface area (Å²) in [6, 6.07) is 7.19.